The molecule has 0 aromatic carbocycles. The van der Waals surface area contributed by atoms with Crippen LogP contribution in [0.5, 0.6) is 0 Å². The highest BCUT2D eigenvalue weighted by atomic mass is 15.2. The predicted molar refractivity (Wildman–Crippen MR) is 75.2 cm³/mol. The molecule has 2 rings (SSSR count). The van der Waals surface area contributed by atoms with E-state index >= 15 is 0 Å². The van der Waals surface area contributed by atoms with E-state index in [9.17, 15) is 0 Å². The molecule has 2 atom stereocenters. The van der Waals surface area contributed by atoms with E-state index in [1.807, 2.05) is 17.9 Å². The predicted octanol–water partition coefficient (Wildman–Crippen LogP) is 2.75. The second-order valence-corrected chi connectivity index (χ2v) is 6.72. The van der Waals surface area contributed by atoms with Gasteiger partial charge in [0.05, 0.1) is 6.20 Å². The third kappa shape index (κ3) is 3.35. The molecule has 1 aromatic heterocycles. The van der Waals surface area contributed by atoms with Crippen molar-refractivity contribution in [1.82, 2.24) is 9.78 Å². The van der Waals surface area contributed by atoms with Crippen LogP contribution < -0.4 is 5.73 Å². The summed E-state index contributed by atoms with van der Waals surface area (Å²) in [4.78, 5) is 0. The fraction of sp³-hybridized carbons (Fsp3) is 0.800. The summed E-state index contributed by atoms with van der Waals surface area (Å²) in [7, 11) is 1.98. The molecule has 18 heavy (non-hydrogen) atoms. The maximum absolute atomic E-state index is 5.94. The fourth-order valence-electron chi connectivity index (χ4n) is 3.39. The highest BCUT2D eigenvalue weighted by molar-refractivity contribution is 5.04. The van der Waals surface area contributed by atoms with Crippen LogP contribution in [0.25, 0.3) is 0 Å². The molecule has 1 aromatic rings. The first kappa shape index (κ1) is 13.6. The largest absolute Gasteiger partial charge is 0.330 e. The lowest BCUT2D eigenvalue weighted by Gasteiger charge is -2.40. The molecule has 0 aliphatic heterocycles. The summed E-state index contributed by atoms with van der Waals surface area (Å²) < 4.78 is 1.89. The van der Waals surface area contributed by atoms with Crippen LogP contribution in [0.3, 0.4) is 0 Å². The molecule has 1 heterocycles. The van der Waals surface area contributed by atoms with Crippen LogP contribution in [-0.4, -0.2) is 16.3 Å². The molecule has 0 bridgehead atoms. The van der Waals surface area contributed by atoms with E-state index in [1.165, 1.54) is 31.2 Å². The van der Waals surface area contributed by atoms with E-state index in [-0.39, 0.29) is 0 Å². The Morgan fingerprint density at radius 3 is 2.83 bits per heavy atom. The molecule has 3 heteroatoms. The molecule has 0 amide bonds. The third-order valence-electron chi connectivity index (χ3n) is 4.54. The maximum atomic E-state index is 5.94. The first-order valence-electron chi connectivity index (χ1n) is 7.18. The van der Waals surface area contributed by atoms with Crippen molar-refractivity contribution < 1.29 is 0 Å². The molecule has 0 radical (unpaired) electrons. The molecule has 1 saturated carbocycles. The average Bonchev–Trinajstić information content (AvgIpc) is 2.72. The molecule has 1 fully saturated rings. The van der Waals surface area contributed by atoms with Crippen molar-refractivity contribution in [2.24, 2.45) is 30.0 Å². The minimum Gasteiger partial charge on any atom is -0.330 e. The Morgan fingerprint density at radius 1 is 1.44 bits per heavy atom. The maximum Gasteiger partial charge on any atom is 0.0521 e. The van der Waals surface area contributed by atoms with Gasteiger partial charge in [0.15, 0.2) is 0 Å². The Hall–Kier alpha value is -0.830. The lowest BCUT2D eigenvalue weighted by Crippen LogP contribution is -2.34. The molecule has 3 nitrogen and oxygen atoms in total. The summed E-state index contributed by atoms with van der Waals surface area (Å²) in [5, 5.41) is 4.24. The average molecular weight is 249 g/mol. The number of hydrogen-bond acceptors (Lipinski definition) is 2. The zero-order valence-corrected chi connectivity index (χ0v) is 12.0. The topological polar surface area (TPSA) is 43.8 Å². The smallest absolute Gasteiger partial charge is 0.0521 e. The van der Waals surface area contributed by atoms with Crippen molar-refractivity contribution in [3.63, 3.8) is 0 Å². The van der Waals surface area contributed by atoms with Gasteiger partial charge in [-0.05, 0) is 61.5 Å². The quantitative estimate of drug-likeness (QED) is 0.891. The lowest BCUT2D eigenvalue weighted by molar-refractivity contribution is 0.115. The van der Waals surface area contributed by atoms with Gasteiger partial charge in [0.2, 0.25) is 0 Å². The van der Waals surface area contributed by atoms with Crippen LogP contribution in [0.4, 0.5) is 0 Å². The molecule has 2 unspecified atom stereocenters. The van der Waals surface area contributed by atoms with Crippen molar-refractivity contribution in [1.29, 1.82) is 0 Å². The number of nitrogens with two attached hydrogens (primary N) is 1. The normalized spacial score (nSPS) is 27.3. The molecule has 102 valence electrons. The van der Waals surface area contributed by atoms with Gasteiger partial charge < -0.3 is 5.73 Å². The van der Waals surface area contributed by atoms with Crippen molar-refractivity contribution in [3.8, 4) is 0 Å². The monoisotopic (exact) mass is 249 g/mol. The van der Waals surface area contributed by atoms with E-state index in [0.717, 1.165) is 24.8 Å². The van der Waals surface area contributed by atoms with Crippen LogP contribution in [0, 0.1) is 17.3 Å². The van der Waals surface area contributed by atoms with Gasteiger partial charge >= 0.3 is 0 Å². The summed E-state index contributed by atoms with van der Waals surface area (Å²) in [6, 6.07) is 0. The van der Waals surface area contributed by atoms with Gasteiger partial charge in [0.25, 0.3) is 0 Å². The zero-order chi connectivity index (χ0) is 13.2. The van der Waals surface area contributed by atoms with Gasteiger partial charge in [-0.15, -0.1) is 0 Å². The van der Waals surface area contributed by atoms with E-state index < -0.39 is 0 Å². The van der Waals surface area contributed by atoms with E-state index in [4.69, 9.17) is 5.73 Å². The molecule has 0 spiro atoms. The molecule has 1 aliphatic carbocycles. The van der Waals surface area contributed by atoms with Gasteiger partial charge in [-0.25, -0.2) is 0 Å². The standard InChI is InChI=1S/C15H27N3/c1-15(2)7-6-14(9-16)13(8-15)5-4-12-10-17-18(3)11-12/h10-11,13-14H,4-9,16H2,1-3H3. The minimum absolute atomic E-state index is 0.505. The van der Waals surface area contributed by atoms with E-state index in [1.54, 1.807) is 0 Å². The Bertz CT molecular complexity index is 381. The summed E-state index contributed by atoms with van der Waals surface area (Å²) in [5.41, 5.74) is 7.80. The second kappa shape index (κ2) is 5.43. The Kier molecular flexibility index (Phi) is 4.10. The number of nitrogens with zero attached hydrogens (tertiary/aromatic N) is 2. The third-order valence-corrected chi connectivity index (χ3v) is 4.54. The van der Waals surface area contributed by atoms with Gasteiger partial charge in [0.1, 0.15) is 0 Å². The highest BCUT2D eigenvalue weighted by Gasteiger charge is 2.33. The van der Waals surface area contributed by atoms with Crippen molar-refractivity contribution in [3.05, 3.63) is 18.0 Å². The van der Waals surface area contributed by atoms with Crippen LogP contribution in [0.15, 0.2) is 12.4 Å². The van der Waals surface area contributed by atoms with Crippen molar-refractivity contribution in [2.75, 3.05) is 6.54 Å². The Labute approximate surface area is 111 Å². The van der Waals surface area contributed by atoms with Crippen molar-refractivity contribution in [2.45, 2.75) is 46.0 Å². The zero-order valence-electron chi connectivity index (χ0n) is 12.0. The molecular weight excluding hydrogens is 222 g/mol. The van der Waals surface area contributed by atoms with Crippen LogP contribution >= 0.6 is 0 Å². The van der Waals surface area contributed by atoms with Crippen LogP contribution in [0.2, 0.25) is 0 Å². The second-order valence-electron chi connectivity index (χ2n) is 6.72. The summed E-state index contributed by atoms with van der Waals surface area (Å²) in [6.07, 6.45) is 10.5. The van der Waals surface area contributed by atoms with Crippen molar-refractivity contribution >= 4 is 0 Å². The number of hydrogen-bond donors (Lipinski definition) is 1. The molecule has 2 N–H and O–H groups in total. The number of aryl methyl sites for hydroxylation is 2. The Morgan fingerprint density at radius 2 is 2.22 bits per heavy atom. The van der Waals surface area contributed by atoms with Gasteiger partial charge in [-0.2, -0.15) is 5.10 Å². The van der Waals surface area contributed by atoms with E-state index in [2.05, 4.69) is 25.1 Å². The van der Waals surface area contributed by atoms with Gasteiger partial charge in [0, 0.05) is 13.2 Å². The highest BCUT2D eigenvalue weighted by Crippen LogP contribution is 2.43. The number of aromatic nitrogens is 2. The Balaban J connectivity index is 1.92. The van der Waals surface area contributed by atoms with E-state index in [0.29, 0.717) is 5.41 Å². The van der Waals surface area contributed by atoms with Gasteiger partial charge in [-0.3, -0.25) is 4.68 Å². The SMILES string of the molecule is Cn1cc(CCC2CC(C)(C)CCC2CN)cn1. The fourth-order valence-corrected chi connectivity index (χ4v) is 3.39. The summed E-state index contributed by atoms with van der Waals surface area (Å²) >= 11 is 0. The number of rotatable bonds is 4. The minimum atomic E-state index is 0.505. The van der Waals surface area contributed by atoms with Crippen LogP contribution in [0.1, 0.15) is 45.1 Å². The summed E-state index contributed by atoms with van der Waals surface area (Å²) in [6.45, 7) is 5.65. The lowest BCUT2D eigenvalue weighted by atomic mass is 9.66. The first-order chi connectivity index (χ1) is 8.50. The molecular formula is C15H27N3. The van der Waals surface area contributed by atoms with Crippen LogP contribution in [-0.2, 0) is 13.5 Å². The summed E-state index contributed by atoms with van der Waals surface area (Å²) in [5.74, 6) is 1.52. The molecule has 1 aliphatic rings. The van der Waals surface area contributed by atoms with Gasteiger partial charge in [-0.1, -0.05) is 13.8 Å². The molecule has 0 saturated heterocycles. The first-order valence-corrected chi connectivity index (χ1v) is 7.18.